The van der Waals surface area contributed by atoms with E-state index in [1.54, 1.807) is 11.3 Å². The minimum absolute atomic E-state index is 0.738. The maximum atomic E-state index is 4.45. The molecule has 1 aliphatic rings. The van der Waals surface area contributed by atoms with Gasteiger partial charge in [0.1, 0.15) is 5.01 Å². The summed E-state index contributed by atoms with van der Waals surface area (Å²) in [5, 5.41) is 6.69. The lowest BCUT2D eigenvalue weighted by molar-refractivity contribution is 0.675. The smallest absolute Gasteiger partial charge is 0.113 e. The van der Waals surface area contributed by atoms with E-state index < -0.39 is 0 Å². The molecule has 17 heavy (non-hydrogen) atoms. The molecule has 2 heterocycles. The van der Waals surface area contributed by atoms with Crippen LogP contribution in [0.5, 0.6) is 0 Å². The predicted molar refractivity (Wildman–Crippen MR) is 68.0 cm³/mol. The monoisotopic (exact) mass is 248 g/mol. The highest BCUT2D eigenvalue weighted by Crippen LogP contribution is 2.19. The molecule has 0 spiro atoms. The lowest BCUT2D eigenvalue weighted by Gasteiger charge is -1.98. The topological polar surface area (TPSA) is 42.7 Å². The Kier molecular flexibility index (Phi) is 2.94. The second kappa shape index (κ2) is 4.58. The molecule has 2 aromatic rings. The van der Waals surface area contributed by atoms with Crippen molar-refractivity contribution in [2.45, 2.75) is 38.9 Å². The largest absolute Gasteiger partial charge is 0.330 e. The molecule has 1 N–H and O–H groups in total. The highest BCUT2D eigenvalue weighted by molar-refractivity contribution is 7.09. The average Bonchev–Trinajstić information content (AvgIpc) is 2.90. The van der Waals surface area contributed by atoms with Crippen molar-refractivity contribution in [1.29, 1.82) is 0 Å². The van der Waals surface area contributed by atoms with Gasteiger partial charge in [-0.2, -0.15) is 0 Å². The molecule has 0 aliphatic heterocycles. The second-order valence-electron chi connectivity index (χ2n) is 4.58. The molecule has 1 saturated carbocycles. The van der Waals surface area contributed by atoms with Crippen LogP contribution >= 0.6 is 11.3 Å². The van der Waals surface area contributed by atoms with Gasteiger partial charge >= 0.3 is 0 Å². The first kappa shape index (κ1) is 10.9. The van der Waals surface area contributed by atoms with Crippen LogP contribution in [0.25, 0.3) is 0 Å². The molecule has 0 amide bonds. The van der Waals surface area contributed by atoms with Gasteiger partial charge in [-0.1, -0.05) is 0 Å². The fourth-order valence-electron chi connectivity index (χ4n) is 1.75. The molecule has 1 fully saturated rings. The Hall–Kier alpha value is -1.20. The third-order valence-corrected chi connectivity index (χ3v) is 3.77. The summed E-state index contributed by atoms with van der Waals surface area (Å²) in [6.07, 6.45) is 6.63. The van der Waals surface area contributed by atoms with Crippen molar-refractivity contribution < 1.29 is 0 Å². The Morgan fingerprint density at radius 1 is 1.53 bits per heavy atom. The van der Waals surface area contributed by atoms with Gasteiger partial charge in [-0.25, -0.2) is 9.97 Å². The van der Waals surface area contributed by atoms with Crippen molar-refractivity contribution in [3.05, 3.63) is 34.3 Å². The fourth-order valence-corrected chi connectivity index (χ4v) is 2.53. The molecule has 5 heteroatoms. The van der Waals surface area contributed by atoms with E-state index in [1.165, 1.54) is 12.8 Å². The van der Waals surface area contributed by atoms with Crippen LogP contribution in [0.15, 0.2) is 17.9 Å². The van der Waals surface area contributed by atoms with Gasteiger partial charge < -0.3 is 9.88 Å². The summed E-state index contributed by atoms with van der Waals surface area (Å²) in [5.74, 6) is 0. The Bertz CT molecular complexity index is 498. The molecular formula is C12H16N4S. The van der Waals surface area contributed by atoms with Gasteiger partial charge in [0, 0.05) is 29.9 Å². The van der Waals surface area contributed by atoms with Gasteiger partial charge in [0.25, 0.3) is 0 Å². The maximum absolute atomic E-state index is 4.45. The summed E-state index contributed by atoms with van der Waals surface area (Å²) in [5.41, 5.74) is 2.21. The summed E-state index contributed by atoms with van der Waals surface area (Å²) >= 11 is 1.71. The van der Waals surface area contributed by atoms with Crippen LogP contribution < -0.4 is 5.32 Å². The highest BCUT2D eigenvalue weighted by Gasteiger charge is 2.20. The lowest BCUT2D eigenvalue weighted by atomic mass is 10.4. The fraction of sp³-hybridized carbons (Fsp3) is 0.500. The number of rotatable bonds is 5. The molecular weight excluding hydrogens is 232 g/mol. The van der Waals surface area contributed by atoms with Gasteiger partial charge in [-0.05, 0) is 19.8 Å². The van der Waals surface area contributed by atoms with Gasteiger partial charge in [0.05, 0.1) is 18.6 Å². The van der Waals surface area contributed by atoms with Gasteiger partial charge in [-0.15, -0.1) is 11.3 Å². The molecule has 0 radical (unpaired) electrons. The molecule has 0 saturated heterocycles. The molecule has 0 unspecified atom stereocenters. The van der Waals surface area contributed by atoms with E-state index in [4.69, 9.17) is 0 Å². The van der Waals surface area contributed by atoms with Crippen molar-refractivity contribution in [1.82, 2.24) is 19.9 Å². The van der Waals surface area contributed by atoms with Crippen molar-refractivity contribution in [3.8, 4) is 0 Å². The first-order chi connectivity index (χ1) is 8.29. The van der Waals surface area contributed by atoms with E-state index in [0.29, 0.717) is 0 Å². The normalized spacial score (nSPS) is 15.4. The molecule has 0 bridgehead atoms. The van der Waals surface area contributed by atoms with Gasteiger partial charge in [0.2, 0.25) is 0 Å². The van der Waals surface area contributed by atoms with Crippen molar-refractivity contribution in [2.75, 3.05) is 0 Å². The first-order valence-electron chi connectivity index (χ1n) is 5.94. The lowest BCUT2D eigenvalue weighted by Crippen LogP contribution is -2.15. The quantitative estimate of drug-likeness (QED) is 0.879. The highest BCUT2D eigenvalue weighted by atomic mass is 32.1. The van der Waals surface area contributed by atoms with Crippen LogP contribution in [0.4, 0.5) is 0 Å². The molecule has 1 aliphatic carbocycles. The van der Waals surface area contributed by atoms with Crippen LogP contribution in [0.2, 0.25) is 0 Å². The van der Waals surface area contributed by atoms with E-state index in [-0.39, 0.29) is 0 Å². The zero-order chi connectivity index (χ0) is 11.7. The zero-order valence-electron chi connectivity index (χ0n) is 9.89. The number of nitrogens with one attached hydrogen (secondary N) is 1. The Labute approximate surface area is 105 Å². The minimum atomic E-state index is 0.738. The second-order valence-corrected chi connectivity index (χ2v) is 5.52. The van der Waals surface area contributed by atoms with Crippen molar-refractivity contribution in [3.63, 3.8) is 0 Å². The van der Waals surface area contributed by atoms with Crippen LogP contribution in [-0.2, 0) is 13.1 Å². The Balaban J connectivity index is 1.59. The average molecular weight is 248 g/mol. The van der Waals surface area contributed by atoms with Crippen LogP contribution in [0.3, 0.4) is 0 Å². The Morgan fingerprint density at radius 2 is 2.41 bits per heavy atom. The third-order valence-electron chi connectivity index (χ3n) is 2.82. The van der Waals surface area contributed by atoms with E-state index in [9.17, 15) is 0 Å². The summed E-state index contributed by atoms with van der Waals surface area (Å²) in [6.45, 7) is 3.74. The minimum Gasteiger partial charge on any atom is -0.330 e. The number of aromatic nitrogens is 3. The maximum Gasteiger partial charge on any atom is 0.113 e. The van der Waals surface area contributed by atoms with Crippen LogP contribution in [0.1, 0.15) is 29.2 Å². The summed E-state index contributed by atoms with van der Waals surface area (Å²) < 4.78 is 2.10. The van der Waals surface area contributed by atoms with Crippen molar-refractivity contribution in [2.24, 2.45) is 0 Å². The summed E-state index contributed by atoms with van der Waals surface area (Å²) in [4.78, 5) is 8.85. The van der Waals surface area contributed by atoms with Gasteiger partial charge in [0.15, 0.2) is 0 Å². The molecule has 4 nitrogen and oxygen atoms in total. The van der Waals surface area contributed by atoms with E-state index in [2.05, 4.69) is 31.4 Å². The number of thiazole rings is 1. The van der Waals surface area contributed by atoms with Gasteiger partial charge in [-0.3, -0.25) is 0 Å². The van der Waals surface area contributed by atoms with Crippen LogP contribution in [-0.4, -0.2) is 20.6 Å². The number of nitrogens with zero attached hydrogens (tertiary/aromatic N) is 3. The predicted octanol–water partition coefficient (Wildman–Crippen LogP) is 1.95. The Morgan fingerprint density at radius 3 is 3.12 bits per heavy atom. The SMILES string of the molecule is Cc1csc(Cn2cnc(CNC3CC3)c2)n1. The van der Waals surface area contributed by atoms with E-state index in [1.807, 2.05) is 13.3 Å². The van der Waals surface area contributed by atoms with E-state index in [0.717, 1.165) is 35.5 Å². The zero-order valence-corrected chi connectivity index (χ0v) is 10.7. The van der Waals surface area contributed by atoms with Crippen LogP contribution in [0, 0.1) is 6.92 Å². The number of imidazole rings is 1. The number of hydrogen-bond acceptors (Lipinski definition) is 4. The standard InChI is InChI=1S/C12H16N4S/c1-9-7-17-12(15-9)6-16-5-11(14-8-16)4-13-10-2-3-10/h5,7-8,10,13H,2-4,6H2,1H3. The first-order valence-corrected chi connectivity index (χ1v) is 6.82. The number of aryl methyl sites for hydroxylation is 1. The molecule has 0 aromatic carbocycles. The van der Waals surface area contributed by atoms with Crippen molar-refractivity contribution >= 4 is 11.3 Å². The summed E-state index contributed by atoms with van der Waals surface area (Å²) in [7, 11) is 0. The molecule has 0 atom stereocenters. The molecule has 90 valence electrons. The van der Waals surface area contributed by atoms with E-state index >= 15 is 0 Å². The number of hydrogen-bond donors (Lipinski definition) is 1. The molecule has 3 rings (SSSR count). The third kappa shape index (κ3) is 2.92. The molecule has 2 aromatic heterocycles. The summed E-state index contributed by atoms with van der Waals surface area (Å²) in [6, 6.07) is 0.738.